The summed E-state index contributed by atoms with van der Waals surface area (Å²) < 4.78 is 19.4. The van der Waals surface area contributed by atoms with E-state index in [4.69, 9.17) is 4.74 Å². The summed E-state index contributed by atoms with van der Waals surface area (Å²) >= 11 is 6.36. The number of hydrogen-bond acceptors (Lipinski definition) is 2. The van der Waals surface area contributed by atoms with Gasteiger partial charge in [-0.2, -0.15) is 0 Å². The molecule has 0 saturated heterocycles. The zero-order chi connectivity index (χ0) is 11.4. The molecule has 0 bridgehead atoms. The summed E-state index contributed by atoms with van der Waals surface area (Å²) in [6.45, 7) is 2.01. The number of esters is 1. The Bertz CT molecular complexity index is 357. The van der Waals surface area contributed by atoms with Gasteiger partial charge in [-0.05, 0) is 19.1 Å². The van der Waals surface area contributed by atoms with Crippen LogP contribution in [-0.4, -0.2) is 12.6 Å². The van der Waals surface area contributed by atoms with E-state index in [9.17, 15) is 9.18 Å². The lowest BCUT2D eigenvalue weighted by atomic mass is 10.1. The lowest BCUT2D eigenvalue weighted by Gasteiger charge is -2.06. The summed E-state index contributed by atoms with van der Waals surface area (Å²) in [6, 6.07) is 3.01. The van der Waals surface area contributed by atoms with Crippen molar-refractivity contribution in [3.05, 3.63) is 32.5 Å². The first-order valence-electron chi connectivity index (χ1n) is 4.33. The lowest BCUT2D eigenvalue weighted by Crippen LogP contribution is -2.09. The van der Waals surface area contributed by atoms with E-state index in [1.54, 1.807) is 13.0 Å². The van der Waals surface area contributed by atoms with Crippen molar-refractivity contribution in [3.8, 4) is 0 Å². The Balaban J connectivity index is 2.90. The van der Waals surface area contributed by atoms with Gasteiger partial charge in [-0.1, -0.05) is 31.9 Å². The van der Waals surface area contributed by atoms with Crippen LogP contribution in [0.3, 0.4) is 0 Å². The van der Waals surface area contributed by atoms with Crippen molar-refractivity contribution in [2.24, 2.45) is 0 Å². The summed E-state index contributed by atoms with van der Waals surface area (Å²) in [6.07, 6.45) is -0.0620. The zero-order valence-corrected chi connectivity index (χ0v) is 11.2. The molecule has 0 aliphatic heterocycles. The molecule has 0 fully saturated rings. The number of carbonyl (C=O) groups is 1. The van der Waals surface area contributed by atoms with Gasteiger partial charge in [0.25, 0.3) is 0 Å². The maximum Gasteiger partial charge on any atom is 0.310 e. The molecule has 1 aromatic rings. The van der Waals surface area contributed by atoms with E-state index in [0.29, 0.717) is 21.1 Å². The molecule has 15 heavy (non-hydrogen) atoms. The van der Waals surface area contributed by atoms with Gasteiger partial charge in [0.05, 0.1) is 13.0 Å². The second-order valence-electron chi connectivity index (χ2n) is 2.83. The van der Waals surface area contributed by atoms with E-state index < -0.39 is 11.8 Å². The van der Waals surface area contributed by atoms with E-state index in [2.05, 4.69) is 31.9 Å². The summed E-state index contributed by atoms with van der Waals surface area (Å²) in [5.41, 5.74) is 0.316. The monoisotopic (exact) mass is 338 g/mol. The summed E-state index contributed by atoms with van der Waals surface area (Å²) in [7, 11) is 0. The molecule has 0 spiro atoms. The number of halogens is 3. The Kier molecular flexibility index (Phi) is 4.73. The molecule has 0 aromatic heterocycles. The van der Waals surface area contributed by atoms with Crippen LogP contribution in [0.25, 0.3) is 0 Å². The minimum Gasteiger partial charge on any atom is -0.466 e. The third kappa shape index (κ3) is 3.57. The van der Waals surface area contributed by atoms with Crippen LogP contribution >= 0.6 is 31.9 Å². The SMILES string of the molecule is CCOC(=O)Cc1c(F)cc(Br)cc1Br. The number of ether oxygens (including phenoxy) is 1. The van der Waals surface area contributed by atoms with Gasteiger partial charge in [0.1, 0.15) is 5.82 Å². The van der Waals surface area contributed by atoms with Crippen molar-refractivity contribution in [1.29, 1.82) is 0 Å². The molecular weight excluding hydrogens is 331 g/mol. The summed E-state index contributed by atoms with van der Waals surface area (Å²) in [5, 5.41) is 0. The van der Waals surface area contributed by atoms with Crippen LogP contribution in [0, 0.1) is 5.82 Å². The fourth-order valence-corrected chi connectivity index (χ4v) is 2.41. The van der Waals surface area contributed by atoms with E-state index in [1.165, 1.54) is 6.07 Å². The van der Waals surface area contributed by atoms with Crippen molar-refractivity contribution in [3.63, 3.8) is 0 Å². The molecule has 0 radical (unpaired) electrons. The van der Waals surface area contributed by atoms with Gasteiger partial charge in [0.2, 0.25) is 0 Å². The Labute approximate surface area is 104 Å². The average molecular weight is 340 g/mol. The van der Waals surface area contributed by atoms with Gasteiger partial charge < -0.3 is 4.74 Å². The smallest absolute Gasteiger partial charge is 0.310 e. The Morgan fingerprint density at radius 2 is 2.13 bits per heavy atom. The normalized spacial score (nSPS) is 10.1. The van der Waals surface area contributed by atoms with Gasteiger partial charge in [0.15, 0.2) is 0 Å². The van der Waals surface area contributed by atoms with Gasteiger partial charge in [-0.15, -0.1) is 0 Å². The highest BCUT2D eigenvalue weighted by molar-refractivity contribution is 9.11. The molecule has 0 N–H and O–H groups in total. The molecule has 0 heterocycles. The molecule has 0 saturated carbocycles. The first-order chi connectivity index (χ1) is 7.04. The molecule has 82 valence electrons. The van der Waals surface area contributed by atoms with Crippen LogP contribution in [0.1, 0.15) is 12.5 Å². The van der Waals surface area contributed by atoms with Crippen LogP contribution in [0.2, 0.25) is 0 Å². The first kappa shape index (κ1) is 12.6. The standard InChI is InChI=1S/C10H9Br2FO2/c1-2-15-10(14)5-7-8(12)3-6(11)4-9(7)13/h3-4H,2,5H2,1H3. The second kappa shape index (κ2) is 5.61. The number of carbonyl (C=O) groups excluding carboxylic acids is 1. The predicted molar refractivity (Wildman–Crippen MR) is 62.1 cm³/mol. The van der Waals surface area contributed by atoms with Gasteiger partial charge in [0, 0.05) is 14.5 Å². The number of rotatable bonds is 3. The third-order valence-corrected chi connectivity index (χ3v) is 2.90. The van der Waals surface area contributed by atoms with Crippen molar-refractivity contribution in [1.82, 2.24) is 0 Å². The van der Waals surface area contributed by atoms with Crippen molar-refractivity contribution in [2.45, 2.75) is 13.3 Å². The molecule has 0 aliphatic carbocycles. The van der Waals surface area contributed by atoms with Crippen molar-refractivity contribution >= 4 is 37.8 Å². The van der Waals surface area contributed by atoms with Crippen LogP contribution in [0.4, 0.5) is 4.39 Å². The van der Waals surface area contributed by atoms with Crippen LogP contribution in [0.15, 0.2) is 21.1 Å². The van der Waals surface area contributed by atoms with Crippen molar-refractivity contribution < 1.29 is 13.9 Å². The molecule has 1 rings (SSSR count). The van der Waals surface area contributed by atoms with Crippen LogP contribution in [0.5, 0.6) is 0 Å². The molecule has 0 atom stereocenters. The lowest BCUT2D eigenvalue weighted by molar-refractivity contribution is -0.142. The topological polar surface area (TPSA) is 26.3 Å². The minimum atomic E-state index is -0.431. The van der Waals surface area contributed by atoms with Crippen LogP contribution < -0.4 is 0 Å². The third-order valence-electron chi connectivity index (χ3n) is 1.73. The maximum absolute atomic E-state index is 13.4. The first-order valence-corrected chi connectivity index (χ1v) is 5.92. The highest BCUT2D eigenvalue weighted by Gasteiger charge is 2.13. The molecule has 0 unspecified atom stereocenters. The number of benzene rings is 1. The highest BCUT2D eigenvalue weighted by atomic mass is 79.9. The Hall–Kier alpha value is -0.420. The average Bonchev–Trinajstić information content (AvgIpc) is 2.11. The molecule has 5 heteroatoms. The molecular formula is C10H9Br2FO2. The van der Waals surface area contributed by atoms with Crippen molar-refractivity contribution in [2.75, 3.05) is 6.61 Å². The molecule has 1 aromatic carbocycles. The van der Waals surface area contributed by atoms with E-state index >= 15 is 0 Å². The fraction of sp³-hybridized carbons (Fsp3) is 0.300. The van der Waals surface area contributed by atoms with Gasteiger partial charge in [-0.3, -0.25) is 4.79 Å². The van der Waals surface area contributed by atoms with Crippen LogP contribution in [-0.2, 0) is 16.0 Å². The van der Waals surface area contributed by atoms with E-state index in [-0.39, 0.29) is 6.42 Å². The maximum atomic E-state index is 13.4. The molecule has 2 nitrogen and oxygen atoms in total. The summed E-state index contributed by atoms with van der Waals surface area (Å²) in [5.74, 6) is -0.858. The summed E-state index contributed by atoms with van der Waals surface area (Å²) in [4.78, 5) is 11.2. The van der Waals surface area contributed by atoms with E-state index in [1.807, 2.05) is 0 Å². The fourth-order valence-electron chi connectivity index (χ4n) is 1.10. The predicted octanol–water partition coefficient (Wildman–Crippen LogP) is 3.46. The van der Waals surface area contributed by atoms with Gasteiger partial charge in [-0.25, -0.2) is 4.39 Å². The Morgan fingerprint density at radius 3 is 2.67 bits per heavy atom. The minimum absolute atomic E-state index is 0.0620. The highest BCUT2D eigenvalue weighted by Crippen LogP contribution is 2.25. The molecule has 0 amide bonds. The zero-order valence-electron chi connectivity index (χ0n) is 8.02. The van der Waals surface area contributed by atoms with E-state index in [0.717, 1.165) is 0 Å². The second-order valence-corrected chi connectivity index (χ2v) is 4.60. The number of hydrogen-bond donors (Lipinski definition) is 0. The largest absolute Gasteiger partial charge is 0.466 e. The quantitative estimate of drug-likeness (QED) is 0.788. The Morgan fingerprint density at radius 1 is 1.47 bits per heavy atom. The molecule has 0 aliphatic rings. The van der Waals surface area contributed by atoms with Gasteiger partial charge >= 0.3 is 5.97 Å².